The maximum atomic E-state index is 13.5. The van der Waals surface area contributed by atoms with Crippen LogP contribution in [-0.2, 0) is 4.79 Å². The van der Waals surface area contributed by atoms with E-state index in [4.69, 9.17) is 16.7 Å². The molecule has 1 unspecified atom stereocenters. The third-order valence-electron chi connectivity index (χ3n) is 2.49. The number of halogens is 2. The Hall–Kier alpha value is -1.09. The maximum Gasteiger partial charge on any atom is 0.311 e. The van der Waals surface area contributed by atoms with E-state index in [-0.39, 0.29) is 10.6 Å². The third kappa shape index (κ3) is 2.95. The standard InChI is InChI=1S/C12H14ClFO2/c1-2-3-5-8(12(15)16)11-9(13)6-4-7-10(11)14/h4,6-8H,2-3,5H2,1H3,(H,15,16). The van der Waals surface area contributed by atoms with Gasteiger partial charge >= 0.3 is 5.97 Å². The van der Waals surface area contributed by atoms with Crippen LogP contribution in [0, 0.1) is 5.82 Å². The first-order valence-electron chi connectivity index (χ1n) is 5.24. The molecule has 1 aromatic rings. The topological polar surface area (TPSA) is 37.3 Å². The number of carboxylic acids is 1. The van der Waals surface area contributed by atoms with E-state index >= 15 is 0 Å². The molecular formula is C12H14ClFO2. The molecule has 1 rings (SSSR count). The zero-order valence-electron chi connectivity index (χ0n) is 9.04. The molecule has 0 saturated carbocycles. The minimum atomic E-state index is -1.03. The van der Waals surface area contributed by atoms with E-state index in [9.17, 15) is 9.18 Å². The molecule has 0 aliphatic heterocycles. The van der Waals surface area contributed by atoms with Crippen LogP contribution in [0.1, 0.15) is 37.7 Å². The van der Waals surface area contributed by atoms with Crippen molar-refractivity contribution in [2.24, 2.45) is 0 Å². The Morgan fingerprint density at radius 3 is 2.75 bits per heavy atom. The van der Waals surface area contributed by atoms with Crippen LogP contribution in [0.4, 0.5) is 4.39 Å². The molecule has 0 spiro atoms. The van der Waals surface area contributed by atoms with E-state index < -0.39 is 17.7 Å². The zero-order valence-corrected chi connectivity index (χ0v) is 9.80. The van der Waals surface area contributed by atoms with Crippen molar-refractivity contribution in [3.05, 3.63) is 34.6 Å². The number of aliphatic carboxylic acids is 1. The van der Waals surface area contributed by atoms with Crippen molar-refractivity contribution in [1.82, 2.24) is 0 Å². The minimum Gasteiger partial charge on any atom is -0.481 e. The summed E-state index contributed by atoms with van der Waals surface area (Å²) < 4.78 is 13.5. The van der Waals surface area contributed by atoms with E-state index in [1.54, 1.807) is 0 Å². The molecule has 2 nitrogen and oxygen atoms in total. The van der Waals surface area contributed by atoms with Gasteiger partial charge in [0.25, 0.3) is 0 Å². The lowest BCUT2D eigenvalue weighted by Gasteiger charge is -2.14. The third-order valence-corrected chi connectivity index (χ3v) is 2.82. The fourth-order valence-electron chi connectivity index (χ4n) is 1.64. The van der Waals surface area contributed by atoms with Crippen molar-refractivity contribution < 1.29 is 14.3 Å². The van der Waals surface area contributed by atoms with Crippen LogP contribution in [-0.4, -0.2) is 11.1 Å². The van der Waals surface area contributed by atoms with Crippen molar-refractivity contribution in [1.29, 1.82) is 0 Å². The second kappa shape index (κ2) is 5.85. The molecule has 0 bridgehead atoms. The molecule has 1 atom stereocenters. The number of hydrogen-bond acceptors (Lipinski definition) is 1. The van der Waals surface area contributed by atoms with Crippen LogP contribution in [0.15, 0.2) is 18.2 Å². The average Bonchev–Trinajstić information content (AvgIpc) is 2.21. The average molecular weight is 245 g/mol. The summed E-state index contributed by atoms with van der Waals surface area (Å²) >= 11 is 5.84. The van der Waals surface area contributed by atoms with Gasteiger partial charge in [-0.05, 0) is 18.6 Å². The molecule has 1 aromatic carbocycles. The Balaban J connectivity index is 3.05. The molecule has 0 aromatic heterocycles. The normalized spacial score (nSPS) is 12.4. The lowest BCUT2D eigenvalue weighted by Crippen LogP contribution is -2.13. The first-order valence-corrected chi connectivity index (χ1v) is 5.62. The molecule has 4 heteroatoms. The molecule has 0 aliphatic carbocycles. The predicted octanol–water partition coefficient (Wildman–Crippen LogP) is 3.84. The van der Waals surface area contributed by atoms with Crippen molar-refractivity contribution in [2.75, 3.05) is 0 Å². The van der Waals surface area contributed by atoms with E-state index in [1.807, 2.05) is 6.92 Å². The van der Waals surface area contributed by atoms with Crippen LogP contribution >= 0.6 is 11.6 Å². The first-order chi connectivity index (χ1) is 7.57. The SMILES string of the molecule is CCCCC(C(=O)O)c1c(F)cccc1Cl. The van der Waals surface area contributed by atoms with Gasteiger partial charge in [0.1, 0.15) is 5.82 Å². The highest BCUT2D eigenvalue weighted by Gasteiger charge is 2.24. The molecule has 0 amide bonds. The fourth-order valence-corrected chi connectivity index (χ4v) is 1.94. The molecule has 88 valence electrons. The predicted molar refractivity (Wildman–Crippen MR) is 61.3 cm³/mol. The number of hydrogen-bond donors (Lipinski definition) is 1. The Morgan fingerprint density at radius 1 is 1.56 bits per heavy atom. The van der Waals surface area contributed by atoms with Gasteiger partial charge in [0.2, 0.25) is 0 Å². The number of carbonyl (C=O) groups is 1. The zero-order chi connectivity index (χ0) is 12.1. The Labute approximate surface area is 99.0 Å². The van der Waals surface area contributed by atoms with Crippen LogP contribution in [0.25, 0.3) is 0 Å². The van der Waals surface area contributed by atoms with Crippen LogP contribution in [0.3, 0.4) is 0 Å². The molecule has 0 radical (unpaired) electrons. The largest absolute Gasteiger partial charge is 0.481 e. The molecule has 0 heterocycles. The van der Waals surface area contributed by atoms with Gasteiger partial charge in [-0.1, -0.05) is 37.4 Å². The van der Waals surface area contributed by atoms with Gasteiger partial charge in [0, 0.05) is 10.6 Å². The van der Waals surface area contributed by atoms with E-state index in [2.05, 4.69) is 0 Å². The van der Waals surface area contributed by atoms with Crippen molar-refractivity contribution in [2.45, 2.75) is 32.1 Å². The lowest BCUT2D eigenvalue weighted by molar-refractivity contribution is -0.139. The second-order valence-electron chi connectivity index (χ2n) is 3.67. The molecular weight excluding hydrogens is 231 g/mol. The number of unbranched alkanes of at least 4 members (excludes halogenated alkanes) is 1. The summed E-state index contributed by atoms with van der Waals surface area (Å²) in [6.07, 6.45) is 2.02. The van der Waals surface area contributed by atoms with Gasteiger partial charge in [-0.2, -0.15) is 0 Å². The highest BCUT2D eigenvalue weighted by molar-refractivity contribution is 6.31. The Kier molecular flexibility index (Phi) is 4.74. The fraction of sp³-hybridized carbons (Fsp3) is 0.417. The van der Waals surface area contributed by atoms with E-state index in [1.165, 1.54) is 18.2 Å². The molecule has 1 N–H and O–H groups in total. The number of benzene rings is 1. The van der Waals surface area contributed by atoms with Gasteiger partial charge < -0.3 is 5.11 Å². The highest BCUT2D eigenvalue weighted by Crippen LogP contribution is 2.31. The summed E-state index contributed by atoms with van der Waals surface area (Å²) in [7, 11) is 0. The highest BCUT2D eigenvalue weighted by atomic mass is 35.5. The van der Waals surface area contributed by atoms with Crippen LogP contribution in [0.5, 0.6) is 0 Å². The van der Waals surface area contributed by atoms with Gasteiger partial charge in [-0.25, -0.2) is 4.39 Å². The van der Waals surface area contributed by atoms with Gasteiger partial charge in [-0.15, -0.1) is 0 Å². The van der Waals surface area contributed by atoms with Gasteiger partial charge in [0.05, 0.1) is 5.92 Å². The van der Waals surface area contributed by atoms with Gasteiger partial charge in [-0.3, -0.25) is 4.79 Å². The van der Waals surface area contributed by atoms with Crippen molar-refractivity contribution >= 4 is 17.6 Å². The Morgan fingerprint density at radius 2 is 2.25 bits per heavy atom. The van der Waals surface area contributed by atoms with Crippen LogP contribution < -0.4 is 0 Å². The molecule has 0 aliphatic rings. The van der Waals surface area contributed by atoms with E-state index in [0.717, 1.165) is 12.8 Å². The summed E-state index contributed by atoms with van der Waals surface area (Å²) in [6.45, 7) is 1.96. The molecule has 16 heavy (non-hydrogen) atoms. The summed E-state index contributed by atoms with van der Waals surface area (Å²) in [5, 5.41) is 9.26. The monoisotopic (exact) mass is 244 g/mol. The van der Waals surface area contributed by atoms with Crippen molar-refractivity contribution in [3.8, 4) is 0 Å². The smallest absolute Gasteiger partial charge is 0.311 e. The van der Waals surface area contributed by atoms with Crippen molar-refractivity contribution in [3.63, 3.8) is 0 Å². The number of rotatable bonds is 5. The lowest BCUT2D eigenvalue weighted by atomic mass is 9.93. The molecule has 0 saturated heterocycles. The first kappa shape index (κ1) is 13.0. The summed E-state index contributed by atoms with van der Waals surface area (Å²) in [5.74, 6) is -2.43. The van der Waals surface area contributed by atoms with E-state index in [0.29, 0.717) is 6.42 Å². The quantitative estimate of drug-likeness (QED) is 0.855. The Bertz CT molecular complexity index is 359. The maximum absolute atomic E-state index is 13.5. The molecule has 0 fully saturated rings. The number of carboxylic acid groups (broad SMARTS) is 1. The van der Waals surface area contributed by atoms with Crippen LogP contribution in [0.2, 0.25) is 5.02 Å². The summed E-state index contributed by atoms with van der Waals surface area (Å²) in [6, 6.07) is 4.23. The summed E-state index contributed by atoms with van der Waals surface area (Å²) in [5.41, 5.74) is 0.102. The van der Waals surface area contributed by atoms with Gasteiger partial charge in [0.15, 0.2) is 0 Å². The second-order valence-corrected chi connectivity index (χ2v) is 4.08. The summed E-state index contributed by atoms with van der Waals surface area (Å²) in [4.78, 5) is 11.1. The minimum absolute atomic E-state index is 0.102.